The Morgan fingerprint density at radius 2 is 2.18 bits per heavy atom. The fourth-order valence-corrected chi connectivity index (χ4v) is 4.59. The van der Waals surface area contributed by atoms with Crippen LogP contribution in [0.15, 0.2) is 30.6 Å². The Kier molecular flexibility index (Phi) is 5.67. The predicted molar refractivity (Wildman–Crippen MR) is 108 cm³/mol. The van der Waals surface area contributed by atoms with Crippen LogP contribution in [-0.2, 0) is 17.8 Å². The third-order valence-corrected chi connectivity index (χ3v) is 6.18. The van der Waals surface area contributed by atoms with E-state index in [1.54, 1.807) is 13.4 Å². The molecule has 0 aliphatic carbocycles. The molecule has 3 fully saturated rings. The number of carbonyl (C=O) groups excluding carboxylic acids is 1. The van der Waals surface area contributed by atoms with Gasteiger partial charge in [-0.15, -0.1) is 0 Å². The SMILES string of the molecule is COc1cccc(CCC(=O)N2C[C@H]3CC[C@@H]2CN(Cc2nc[nH]c2C)C3)c1. The van der Waals surface area contributed by atoms with Gasteiger partial charge < -0.3 is 14.6 Å². The summed E-state index contributed by atoms with van der Waals surface area (Å²) in [5, 5.41) is 0. The van der Waals surface area contributed by atoms with Crippen LogP contribution in [0.2, 0.25) is 0 Å². The number of imidazole rings is 1. The number of hydrogen-bond donors (Lipinski definition) is 1. The third-order valence-electron chi connectivity index (χ3n) is 6.18. The van der Waals surface area contributed by atoms with Crippen LogP contribution >= 0.6 is 0 Å². The van der Waals surface area contributed by atoms with Crippen molar-refractivity contribution < 1.29 is 9.53 Å². The van der Waals surface area contributed by atoms with Crippen molar-refractivity contribution in [2.24, 2.45) is 5.92 Å². The van der Waals surface area contributed by atoms with Gasteiger partial charge in [-0.3, -0.25) is 9.69 Å². The lowest BCUT2D eigenvalue weighted by Crippen LogP contribution is -2.47. The van der Waals surface area contributed by atoms with Crippen LogP contribution < -0.4 is 4.74 Å². The van der Waals surface area contributed by atoms with E-state index in [0.29, 0.717) is 18.4 Å². The Labute approximate surface area is 166 Å². The van der Waals surface area contributed by atoms with E-state index in [0.717, 1.165) is 61.7 Å². The molecule has 28 heavy (non-hydrogen) atoms. The minimum atomic E-state index is 0.287. The normalized spacial score (nSPS) is 22.3. The lowest BCUT2D eigenvalue weighted by Gasteiger charge is -2.36. The summed E-state index contributed by atoms with van der Waals surface area (Å²) >= 11 is 0. The summed E-state index contributed by atoms with van der Waals surface area (Å²) in [6.45, 7) is 5.85. The predicted octanol–water partition coefficient (Wildman–Crippen LogP) is 2.78. The van der Waals surface area contributed by atoms with Crippen LogP contribution in [0.25, 0.3) is 0 Å². The molecule has 150 valence electrons. The van der Waals surface area contributed by atoms with Crippen LogP contribution in [-0.4, -0.2) is 58.5 Å². The Morgan fingerprint density at radius 1 is 1.29 bits per heavy atom. The summed E-state index contributed by atoms with van der Waals surface area (Å²) in [7, 11) is 1.68. The molecule has 1 amide bonds. The Morgan fingerprint density at radius 3 is 2.96 bits per heavy atom. The Bertz CT molecular complexity index is 818. The molecule has 1 N–H and O–H groups in total. The number of fused-ring (bicyclic) bond motifs is 4. The first-order chi connectivity index (χ1) is 13.6. The first kappa shape index (κ1) is 19.0. The molecule has 0 saturated carbocycles. The Balaban J connectivity index is 1.37. The van der Waals surface area contributed by atoms with Gasteiger partial charge in [0.15, 0.2) is 0 Å². The molecular formula is C22H30N4O2. The number of aryl methyl sites for hydroxylation is 2. The fourth-order valence-electron chi connectivity index (χ4n) is 4.59. The number of piperidine rings is 1. The van der Waals surface area contributed by atoms with E-state index in [-0.39, 0.29) is 5.91 Å². The van der Waals surface area contributed by atoms with E-state index in [9.17, 15) is 4.79 Å². The summed E-state index contributed by atoms with van der Waals surface area (Å²) in [5.74, 6) is 1.71. The number of aromatic amines is 1. The molecule has 6 heteroatoms. The van der Waals surface area contributed by atoms with Gasteiger partial charge in [0, 0.05) is 44.3 Å². The number of carbonyl (C=O) groups is 1. The molecule has 3 aliphatic heterocycles. The number of methoxy groups -OCH3 is 1. The highest BCUT2D eigenvalue weighted by Crippen LogP contribution is 2.29. The lowest BCUT2D eigenvalue weighted by molar-refractivity contribution is -0.135. The van der Waals surface area contributed by atoms with Crippen molar-refractivity contribution in [3.63, 3.8) is 0 Å². The average molecular weight is 383 g/mol. The van der Waals surface area contributed by atoms with Gasteiger partial charge in [-0.2, -0.15) is 0 Å². The third kappa shape index (κ3) is 4.22. The lowest BCUT2D eigenvalue weighted by atomic mass is 9.94. The zero-order valence-electron chi connectivity index (χ0n) is 16.9. The molecular weight excluding hydrogens is 352 g/mol. The van der Waals surface area contributed by atoms with Crippen LogP contribution in [0.3, 0.4) is 0 Å². The van der Waals surface area contributed by atoms with Gasteiger partial charge in [0.05, 0.1) is 19.1 Å². The molecule has 0 radical (unpaired) electrons. The molecule has 3 saturated heterocycles. The monoisotopic (exact) mass is 382 g/mol. The zero-order valence-corrected chi connectivity index (χ0v) is 16.9. The summed E-state index contributed by atoms with van der Waals surface area (Å²) in [6.07, 6.45) is 5.44. The van der Waals surface area contributed by atoms with Crippen molar-refractivity contribution in [2.45, 2.75) is 45.2 Å². The number of nitrogens with zero attached hydrogens (tertiary/aromatic N) is 3. The zero-order chi connectivity index (χ0) is 19.5. The van der Waals surface area contributed by atoms with E-state index in [1.165, 1.54) is 6.42 Å². The van der Waals surface area contributed by atoms with Crippen molar-refractivity contribution in [3.05, 3.63) is 47.5 Å². The fraction of sp³-hybridized carbons (Fsp3) is 0.545. The van der Waals surface area contributed by atoms with Crippen LogP contribution in [0, 0.1) is 12.8 Å². The molecule has 0 unspecified atom stereocenters. The summed E-state index contributed by atoms with van der Waals surface area (Å²) in [6, 6.07) is 8.35. The van der Waals surface area contributed by atoms with Crippen LogP contribution in [0.4, 0.5) is 0 Å². The standard InChI is InChI=1S/C22H30N4O2/c1-16-21(24-15-23-16)14-25-11-18-6-8-19(13-25)26(12-18)22(27)9-7-17-4-3-5-20(10-17)28-2/h3-5,10,15,18-19H,6-9,11-14H2,1-2H3,(H,23,24)/t18-,19+/m0/s1. The minimum Gasteiger partial charge on any atom is -0.497 e. The van der Waals surface area contributed by atoms with Crippen molar-refractivity contribution in [1.82, 2.24) is 19.8 Å². The number of benzene rings is 1. The number of H-pyrrole nitrogens is 1. The quantitative estimate of drug-likeness (QED) is 0.835. The van der Waals surface area contributed by atoms with Gasteiger partial charge in [-0.25, -0.2) is 4.98 Å². The van der Waals surface area contributed by atoms with Gasteiger partial charge in [0.25, 0.3) is 0 Å². The average Bonchev–Trinajstić information content (AvgIpc) is 2.92. The maximum absolute atomic E-state index is 13.0. The van der Waals surface area contributed by atoms with Gasteiger partial charge >= 0.3 is 0 Å². The largest absolute Gasteiger partial charge is 0.497 e. The van der Waals surface area contributed by atoms with Gasteiger partial charge in [0.1, 0.15) is 5.75 Å². The van der Waals surface area contributed by atoms with Gasteiger partial charge in [-0.05, 0) is 49.8 Å². The van der Waals surface area contributed by atoms with Gasteiger partial charge in [0.2, 0.25) is 5.91 Å². The number of aromatic nitrogens is 2. The first-order valence-corrected chi connectivity index (χ1v) is 10.3. The summed E-state index contributed by atoms with van der Waals surface area (Å²) in [4.78, 5) is 25.3. The highest BCUT2D eigenvalue weighted by Gasteiger charge is 2.37. The van der Waals surface area contributed by atoms with Crippen LogP contribution in [0.1, 0.15) is 36.2 Å². The number of hydrogen-bond acceptors (Lipinski definition) is 4. The van der Waals surface area contributed by atoms with E-state index in [2.05, 4.69) is 32.8 Å². The van der Waals surface area contributed by atoms with Gasteiger partial charge in [-0.1, -0.05) is 12.1 Å². The smallest absolute Gasteiger partial charge is 0.223 e. The molecule has 2 bridgehead atoms. The number of rotatable bonds is 6. The second-order valence-corrected chi connectivity index (χ2v) is 8.16. The molecule has 2 aromatic rings. The van der Waals surface area contributed by atoms with Crippen molar-refractivity contribution in [2.75, 3.05) is 26.7 Å². The van der Waals surface area contributed by atoms with E-state index >= 15 is 0 Å². The molecule has 3 aliphatic rings. The number of amides is 1. The number of ether oxygens (including phenoxy) is 1. The Hall–Kier alpha value is -2.34. The van der Waals surface area contributed by atoms with Crippen molar-refractivity contribution in [3.8, 4) is 5.75 Å². The molecule has 0 spiro atoms. The molecule has 1 aromatic heterocycles. The molecule has 5 rings (SSSR count). The molecule has 4 heterocycles. The molecule has 6 nitrogen and oxygen atoms in total. The second kappa shape index (κ2) is 8.35. The second-order valence-electron chi connectivity index (χ2n) is 8.16. The summed E-state index contributed by atoms with van der Waals surface area (Å²) < 4.78 is 5.29. The molecule has 1 aromatic carbocycles. The van der Waals surface area contributed by atoms with E-state index in [1.807, 2.05) is 18.2 Å². The maximum Gasteiger partial charge on any atom is 0.223 e. The van der Waals surface area contributed by atoms with Crippen molar-refractivity contribution >= 4 is 5.91 Å². The summed E-state index contributed by atoms with van der Waals surface area (Å²) in [5.41, 5.74) is 3.42. The highest BCUT2D eigenvalue weighted by atomic mass is 16.5. The van der Waals surface area contributed by atoms with Crippen molar-refractivity contribution in [1.29, 1.82) is 0 Å². The highest BCUT2D eigenvalue weighted by molar-refractivity contribution is 5.77. The van der Waals surface area contributed by atoms with Crippen LogP contribution in [0.5, 0.6) is 5.75 Å². The molecule has 2 atom stereocenters. The van der Waals surface area contributed by atoms with E-state index < -0.39 is 0 Å². The first-order valence-electron chi connectivity index (χ1n) is 10.3. The number of nitrogens with one attached hydrogen (secondary N) is 1. The topological polar surface area (TPSA) is 61.5 Å². The maximum atomic E-state index is 13.0. The minimum absolute atomic E-state index is 0.287. The van der Waals surface area contributed by atoms with E-state index in [4.69, 9.17) is 4.74 Å².